The van der Waals surface area contributed by atoms with Gasteiger partial charge in [-0.15, -0.1) is 0 Å². The molecule has 0 N–H and O–H groups in total. The molecule has 1 aliphatic rings. The highest BCUT2D eigenvalue weighted by Gasteiger charge is 2.25. The maximum Gasteiger partial charge on any atom is 0.0742 e. The van der Waals surface area contributed by atoms with E-state index in [1.54, 1.807) is 12.4 Å². The molecule has 0 spiro atoms. The van der Waals surface area contributed by atoms with Gasteiger partial charge in [0.15, 0.2) is 0 Å². The van der Waals surface area contributed by atoms with Crippen LogP contribution < -0.4 is 0 Å². The van der Waals surface area contributed by atoms with Crippen LogP contribution in [0, 0.1) is 17.2 Å². The molecule has 1 fully saturated rings. The fraction of sp³-hybridized carbons (Fsp3) is 0.500. The van der Waals surface area contributed by atoms with E-state index in [-0.39, 0.29) is 5.92 Å². The number of hydrogen-bond donors (Lipinski definition) is 0. The van der Waals surface area contributed by atoms with Crippen LogP contribution in [-0.2, 0) is 0 Å². The zero-order chi connectivity index (χ0) is 9.80. The fourth-order valence-corrected chi connectivity index (χ4v) is 2.31. The molecule has 2 heteroatoms. The van der Waals surface area contributed by atoms with E-state index < -0.39 is 0 Å². The fourth-order valence-electron chi connectivity index (χ4n) is 2.31. The second-order valence-corrected chi connectivity index (χ2v) is 3.93. The smallest absolute Gasteiger partial charge is 0.0742 e. The molecule has 0 saturated heterocycles. The molecular weight excluding hydrogens is 172 g/mol. The summed E-state index contributed by atoms with van der Waals surface area (Å²) in [5, 5.41) is 9.17. The van der Waals surface area contributed by atoms with Crippen LogP contribution in [0.5, 0.6) is 0 Å². The zero-order valence-electron chi connectivity index (χ0n) is 8.19. The third-order valence-electron chi connectivity index (χ3n) is 3.08. The van der Waals surface area contributed by atoms with E-state index in [1.165, 1.54) is 25.7 Å². The maximum absolute atomic E-state index is 9.17. The van der Waals surface area contributed by atoms with Crippen molar-refractivity contribution in [2.24, 2.45) is 5.92 Å². The Hall–Kier alpha value is -1.36. The Bertz CT molecular complexity index is 320. The number of aromatic nitrogens is 1. The first kappa shape index (κ1) is 9.21. The maximum atomic E-state index is 9.17. The Labute approximate surface area is 84.6 Å². The molecule has 1 aromatic heterocycles. The minimum absolute atomic E-state index is 0.0838. The highest BCUT2D eigenvalue weighted by atomic mass is 14.6. The van der Waals surface area contributed by atoms with Crippen LogP contribution >= 0.6 is 0 Å². The first-order valence-electron chi connectivity index (χ1n) is 5.21. The van der Waals surface area contributed by atoms with E-state index in [1.807, 2.05) is 12.1 Å². The highest BCUT2D eigenvalue weighted by molar-refractivity contribution is 5.23. The first-order chi connectivity index (χ1) is 6.92. The Kier molecular flexibility index (Phi) is 2.78. The zero-order valence-corrected chi connectivity index (χ0v) is 8.19. The van der Waals surface area contributed by atoms with Gasteiger partial charge < -0.3 is 0 Å². The number of nitriles is 1. The molecule has 1 aliphatic carbocycles. The molecule has 1 heterocycles. The lowest BCUT2D eigenvalue weighted by molar-refractivity contribution is 0.501. The summed E-state index contributed by atoms with van der Waals surface area (Å²) in [5.41, 5.74) is 1.13. The summed E-state index contributed by atoms with van der Waals surface area (Å²) < 4.78 is 0. The number of pyridine rings is 1. The van der Waals surface area contributed by atoms with Crippen molar-refractivity contribution in [3.05, 3.63) is 30.1 Å². The molecule has 14 heavy (non-hydrogen) atoms. The Morgan fingerprint density at radius 2 is 1.93 bits per heavy atom. The van der Waals surface area contributed by atoms with Crippen LogP contribution in [0.2, 0.25) is 0 Å². The third-order valence-corrected chi connectivity index (χ3v) is 3.08. The van der Waals surface area contributed by atoms with E-state index in [4.69, 9.17) is 5.26 Å². The van der Waals surface area contributed by atoms with E-state index in [9.17, 15) is 0 Å². The van der Waals surface area contributed by atoms with Crippen molar-refractivity contribution in [1.29, 1.82) is 5.26 Å². The van der Waals surface area contributed by atoms with Gasteiger partial charge in [0, 0.05) is 12.4 Å². The van der Waals surface area contributed by atoms with Crippen molar-refractivity contribution in [3.8, 4) is 6.07 Å². The van der Waals surface area contributed by atoms with Crippen LogP contribution in [0.25, 0.3) is 0 Å². The topological polar surface area (TPSA) is 36.7 Å². The third kappa shape index (κ3) is 1.77. The summed E-state index contributed by atoms with van der Waals surface area (Å²) in [6.45, 7) is 0. The van der Waals surface area contributed by atoms with Gasteiger partial charge in [0.25, 0.3) is 0 Å². The summed E-state index contributed by atoms with van der Waals surface area (Å²) in [6.07, 6.45) is 8.53. The molecule has 0 aliphatic heterocycles. The lowest BCUT2D eigenvalue weighted by atomic mass is 9.86. The van der Waals surface area contributed by atoms with Gasteiger partial charge in [-0.1, -0.05) is 12.8 Å². The van der Waals surface area contributed by atoms with Crippen molar-refractivity contribution in [2.75, 3.05) is 0 Å². The van der Waals surface area contributed by atoms with Gasteiger partial charge in [0.2, 0.25) is 0 Å². The van der Waals surface area contributed by atoms with Crippen molar-refractivity contribution in [3.63, 3.8) is 0 Å². The summed E-state index contributed by atoms with van der Waals surface area (Å²) in [5.74, 6) is 0.655. The molecule has 1 unspecified atom stereocenters. The van der Waals surface area contributed by atoms with Gasteiger partial charge in [0.05, 0.1) is 12.0 Å². The number of rotatable bonds is 2. The minimum atomic E-state index is 0.0838. The van der Waals surface area contributed by atoms with Gasteiger partial charge in [-0.05, 0) is 36.5 Å². The quantitative estimate of drug-likeness (QED) is 0.712. The largest absolute Gasteiger partial charge is 0.265 e. The van der Waals surface area contributed by atoms with Gasteiger partial charge in [0.1, 0.15) is 0 Å². The highest BCUT2D eigenvalue weighted by Crippen LogP contribution is 2.36. The predicted molar refractivity (Wildman–Crippen MR) is 54.5 cm³/mol. The summed E-state index contributed by atoms with van der Waals surface area (Å²) in [7, 11) is 0. The molecule has 0 bridgehead atoms. The lowest BCUT2D eigenvalue weighted by Crippen LogP contribution is -2.07. The minimum Gasteiger partial charge on any atom is -0.265 e. The Balaban J connectivity index is 2.18. The molecule has 0 aromatic carbocycles. The van der Waals surface area contributed by atoms with Gasteiger partial charge in [-0.25, -0.2) is 0 Å². The van der Waals surface area contributed by atoms with E-state index >= 15 is 0 Å². The predicted octanol–water partition coefficient (Wildman–Crippen LogP) is 2.88. The average Bonchev–Trinajstić information content (AvgIpc) is 2.74. The molecule has 0 radical (unpaired) electrons. The van der Waals surface area contributed by atoms with E-state index in [2.05, 4.69) is 11.1 Å². The van der Waals surface area contributed by atoms with E-state index in [0.717, 1.165) is 5.56 Å². The van der Waals surface area contributed by atoms with Crippen LogP contribution in [0.15, 0.2) is 24.5 Å². The molecule has 2 rings (SSSR count). The SMILES string of the molecule is N#CC(c1ccncc1)C1CCCC1. The van der Waals surface area contributed by atoms with Crippen molar-refractivity contribution < 1.29 is 0 Å². The van der Waals surface area contributed by atoms with Gasteiger partial charge in [-0.3, -0.25) is 4.98 Å². The summed E-state index contributed by atoms with van der Waals surface area (Å²) in [4.78, 5) is 3.98. The van der Waals surface area contributed by atoms with Crippen molar-refractivity contribution >= 4 is 0 Å². The molecule has 1 aromatic rings. The molecule has 0 amide bonds. The van der Waals surface area contributed by atoms with Gasteiger partial charge in [-0.2, -0.15) is 5.26 Å². The second-order valence-electron chi connectivity index (χ2n) is 3.93. The van der Waals surface area contributed by atoms with Crippen LogP contribution in [0.4, 0.5) is 0 Å². The number of nitrogens with zero attached hydrogens (tertiary/aromatic N) is 2. The Morgan fingerprint density at radius 3 is 2.50 bits per heavy atom. The van der Waals surface area contributed by atoms with Crippen LogP contribution in [-0.4, -0.2) is 4.98 Å². The lowest BCUT2D eigenvalue weighted by Gasteiger charge is -2.15. The standard InChI is InChI=1S/C12H14N2/c13-9-12(10-3-1-2-4-10)11-5-7-14-8-6-11/h5-8,10,12H,1-4H2. The van der Waals surface area contributed by atoms with Crippen LogP contribution in [0.3, 0.4) is 0 Å². The molecule has 1 saturated carbocycles. The molecular formula is C12H14N2. The van der Waals surface area contributed by atoms with Crippen molar-refractivity contribution in [1.82, 2.24) is 4.98 Å². The monoisotopic (exact) mass is 186 g/mol. The molecule has 72 valence electrons. The summed E-state index contributed by atoms with van der Waals surface area (Å²) in [6, 6.07) is 6.36. The normalized spacial score (nSPS) is 19.1. The first-order valence-corrected chi connectivity index (χ1v) is 5.21. The van der Waals surface area contributed by atoms with Crippen LogP contribution in [0.1, 0.15) is 37.2 Å². The van der Waals surface area contributed by atoms with E-state index in [0.29, 0.717) is 5.92 Å². The molecule has 2 nitrogen and oxygen atoms in total. The second kappa shape index (κ2) is 4.23. The average molecular weight is 186 g/mol. The molecule has 1 atom stereocenters. The summed E-state index contributed by atoms with van der Waals surface area (Å²) >= 11 is 0. The number of hydrogen-bond acceptors (Lipinski definition) is 2. The van der Waals surface area contributed by atoms with Crippen molar-refractivity contribution in [2.45, 2.75) is 31.6 Å². The Morgan fingerprint density at radius 1 is 1.29 bits per heavy atom. The van der Waals surface area contributed by atoms with Gasteiger partial charge >= 0.3 is 0 Å².